The van der Waals surface area contributed by atoms with Crippen molar-refractivity contribution >= 4 is 29.2 Å². The molecule has 2 N–H and O–H groups in total. The first kappa shape index (κ1) is 29.9. The van der Waals surface area contributed by atoms with Crippen LogP contribution in [0.15, 0.2) is 11.0 Å². The van der Waals surface area contributed by atoms with Gasteiger partial charge in [-0.05, 0) is 51.2 Å². The zero-order valence-corrected chi connectivity index (χ0v) is 24.1. The largest absolute Gasteiger partial charge is 0.455 e. The van der Waals surface area contributed by atoms with E-state index in [2.05, 4.69) is 4.98 Å². The third-order valence-corrected chi connectivity index (χ3v) is 8.99. The molecule has 1 aromatic heterocycles. The Morgan fingerprint density at radius 2 is 1.92 bits per heavy atom. The molecular weight excluding hydrogens is 494 g/mol. The van der Waals surface area contributed by atoms with Crippen molar-refractivity contribution < 1.29 is 34.0 Å². The average molecular weight is 538 g/mol. The lowest BCUT2D eigenvalue weighted by Crippen LogP contribution is -2.46. The number of carbonyl (C=O) groups excluding carboxylic acids is 2. The van der Waals surface area contributed by atoms with Gasteiger partial charge in [0.05, 0.1) is 40.3 Å². The number of methoxy groups -OCH3 is 1. The molecular formula is C28H43NO7S. The molecule has 0 saturated carbocycles. The maximum atomic E-state index is 13.3. The lowest BCUT2D eigenvalue weighted by Gasteiger charge is -2.35. The highest BCUT2D eigenvalue weighted by atomic mass is 32.1. The second-order valence-electron chi connectivity index (χ2n) is 11.6. The summed E-state index contributed by atoms with van der Waals surface area (Å²) in [6.07, 6.45) is 0.0489. The van der Waals surface area contributed by atoms with Crippen LogP contribution < -0.4 is 0 Å². The minimum Gasteiger partial charge on any atom is -0.455 e. The molecule has 2 aliphatic rings. The van der Waals surface area contributed by atoms with Gasteiger partial charge in [0.1, 0.15) is 18.0 Å². The Balaban J connectivity index is 1.95. The van der Waals surface area contributed by atoms with Crippen LogP contribution >= 0.6 is 11.3 Å². The SMILES string of the molecule is COC1[C@@H](C(C)=Cc2csc(C)n2)OC(=O)C[C@H](O)C(C)(C)C(=O)[C@H](C)[C@@H](O)[C@@H](C)CCC[C@@]2(C)O[C@@H]12. The fourth-order valence-electron chi connectivity index (χ4n) is 5.41. The summed E-state index contributed by atoms with van der Waals surface area (Å²) in [6.45, 7) is 12.7. The van der Waals surface area contributed by atoms with E-state index in [1.54, 1.807) is 27.9 Å². The molecule has 2 fully saturated rings. The zero-order chi connectivity index (χ0) is 27.7. The molecule has 0 aliphatic carbocycles. The van der Waals surface area contributed by atoms with Crippen LogP contribution in [0.1, 0.15) is 77.9 Å². The number of ether oxygens (including phenoxy) is 3. The summed E-state index contributed by atoms with van der Waals surface area (Å²) in [5, 5.41) is 24.7. The summed E-state index contributed by atoms with van der Waals surface area (Å²) in [5.41, 5.74) is -0.174. The number of thiazole rings is 1. The fraction of sp³-hybridized carbons (Fsp3) is 0.750. The first-order valence-electron chi connectivity index (χ1n) is 13.1. The van der Waals surface area contributed by atoms with Gasteiger partial charge < -0.3 is 24.4 Å². The van der Waals surface area contributed by atoms with Crippen molar-refractivity contribution in [2.45, 2.75) is 110 Å². The van der Waals surface area contributed by atoms with Crippen LogP contribution in [0.3, 0.4) is 0 Å². The molecule has 0 amide bonds. The number of carbonyl (C=O) groups is 2. The summed E-state index contributed by atoms with van der Waals surface area (Å²) in [4.78, 5) is 30.9. The van der Waals surface area contributed by atoms with Crippen LogP contribution in [0.2, 0.25) is 0 Å². The Hall–Kier alpha value is -1.65. The number of fused-ring (bicyclic) bond motifs is 1. The van der Waals surface area contributed by atoms with E-state index < -0.39 is 47.3 Å². The minimum absolute atomic E-state index is 0.108. The molecule has 0 bridgehead atoms. The Morgan fingerprint density at radius 3 is 2.51 bits per heavy atom. The Kier molecular flexibility index (Phi) is 9.39. The molecule has 3 rings (SSSR count). The van der Waals surface area contributed by atoms with E-state index in [4.69, 9.17) is 14.2 Å². The Labute approximate surface area is 224 Å². The molecule has 2 aliphatic heterocycles. The van der Waals surface area contributed by atoms with E-state index in [0.29, 0.717) is 0 Å². The lowest BCUT2D eigenvalue weighted by atomic mass is 9.73. The van der Waals surface area contributed by atoms with Crippen LogP contribution in [-0.4, -0.2) is 70.2 Å². The maximum Gasteiger partial charge on any atom is 0.309 e. The number of Topliss-reactive ketones (excluding diaryl/α,β-unsaturated/α-hetero) is 1. The summed E-state index contributed by atoms with van der Waals surface area (Å²) in [5.74, 6) is -1.71. The van der Waals surface area contributed by atoms with Gasteiger partial charge in [0.25, 0.3) is 0 Å². The first-order chi connectivity index (χ1) is 17.2. The maximum absolute atomic E-state index is 13.3. The predicted molar refractivity (Wildman–Crippen MR) is 142 cm³/mol. The quantitative estimate of drug-likeness (QED) is 0.437. The zero-order valence-electron chi connectivity index (χ0n) is 23.3. The Morgan fingerprint density at radius 1 is 1.24 bits per heavy atom. The number of aliphatic hydroxyl groups is 2. The van der Waals surface area contributed by atoms with Crippen LogP contribution in [0.4, 0.5) is 0 Å². The number of ketones is 1. The first-order valence-corrected chi connectivity index (χ1v) is 14.0. The third-order valence-electron chi connectivity index (χ3n) is 8.20. The van der Waals surface area contributed by atoms with Crippen molar-refractivity contribution in [2.24, 2.45) is 17.3 Å². The van der Waals surface area contributed by atoms with E-state index in [0.717, 1.165) is 35.5 Å². The molecule has 0 radical (unpaired) electrons. The van der Waals surface area contributed by atoms with E-state index in [9.17, 15) is 19.8 Å². The second-order valence-corrected chi connectivity index (χ2v) is 12.7. The number of rotatable bonds is 3. The number of esters is 1. The van der Waals surface area contributed by atoms with Gasteiger partial charge in [0, 0.05) is 18.4 Å². The monoisotopic (exact) mass is 537 g/mol. The highest BCUT2D eigenvalue weighted by Crippen LogP contribution is 2.46. The normalized spacial score (nSPS) is 38.1. The molecule has 1 aromatic rings. The van der Waals surface area contributed by atoms with Gasteiger partial charge in [0.15, 0.2) is 6.10 Å². The standard InChI is InChI=1S/C28H43NO7S/c1-15-10-9-11-28(7)26(36-28)24(34-8)23(16(2)12-19-14-37-18(4)29-19)35-21(31)13-20(30)27(5,6)25(33)17(3)22(15)32/h12,14-15,17,20,22-24,26,30,32H,9-11,13H2,1-8H3/t15-,17+,20-,22-,23+,24?,26-,28+/m0/s1. The number of aromatic nitrogens is 1. The van der Waals surface area contributed by atoms with Gasteiger partial charge in [0.2, 0.25) is 0 Å². The molecule has 37 heavy (non-hydrogen) atoms. The van der Waals surface area contributed by atoms with Crippen molar-refractivity contribution in [3.8, 4) is 0 Å². The van der Waals surface area contributed by atoms with Crippen molar-refractivity contribution in [3.05, 3.63) is 21.7 Å². The van der Waals surface area contributed by atoms with Gasteiger partial charge in [-0.3, -0.25) is 9.59 Å². The van der Waals surface area contributed by atoms with Crippen molar-refractivity contribution in [1.29, 1.82) is 0 Å². The highest BCUT2D eigenvalue weighted by Gasteiger charge is 2.59. The van der Waals surface area contributed by atoms with Gasteiger partial charge in [-0.2, -0.15) is 0 Å². The van der Waals surface area contributed by atoms with E-state index in [1.165, 1.54) is 11.3 Å². The minimum atomic E-state index is -1.28. The molecule has 8 nitrogen and oxygen atoms in total. The number of hydrogen-bond acceptors (Lipinski definition) is 9. The number of epoxide rings is 1. The number of cyclic esters (lactones) is 1. The van der Waals surface area contributed by atoms with Gasteiger partial charge in [-0.1, -0.05) is 34.1 Å². The van der Waals surface area contributed by atoms with Crippen molar-refractivity contribution in [2.75, 3.05) is 7.11 Å². The molecule has 0 aromatic carbocycles. The average Bonchev–Trinajstić information content (AvgIpc) is 3.31. The molecule has 8 atom stereocenters. The van der Waals surface area contributed by atoms with Gasteiger partial charge in [-0.15, -0.1) is 11.3 Å². The second kappa shape index (κ2) is 11.6. The summed E-state index contributed by atoms with van der Waals surface area (Å²) >= 11 is 1.53. The molecule has 0 spiro atoms. The number of aliphatic hydroxyl groups excluding tert-OH is 2. The van der Waals surface area contributed by atoms with Crippen LogP contribution in [0.25, 0.3) is 6.08 Å². The van der Waals surface area contributed by atoms with Gasteiger partial charge in [-0.25, -0.2) is 4.98 Å². The van der Waals surface area contributed by atoms with E-state index >= 15 is 0 Å². The molecule has 1 unspecified atom stereocenters. The summed E-state index contributed by atoms with van der Waals surface area (Å²) in [6, 6.07) is 0. The Bertz CT molecular complexity index is 1000. The molecule has 9 heteroatoms. The smallest absolute Gasteiger partial charge is 0.309 e. The lowest BCUT2D eigenvalue weighted by molar-refractivity contribution is -0.159. The van der Waals surface area contributed by atoms with Crippen molar-refractivity contribution in [1.82, 2.24) is 4.98 Å². The number of hydrogen-bond donors (Lipinski definition) is 2. The molecule has 208 valence electrons. The predicted octanol–water partition coefficient (Wildman–Crippen LogP) is 4.10. The number of aryl methyl sites for hydroxylation is 1. The van der Waals surface area contributed by atoms with Crippen LogP contribution in [-0.2, 0) is 23.8 Å². The number of nitrogens with zero attached hydrogens (tertiary/aromatic N) is 1. The van der Waals surface area contributed by atoms with Gasteiger partial charge >= 0.3 is 5.97 Å². The molecule has 3 heterocycles. The summed E-state index contributed by atoms with van der Waals surface area (Å²) < 4.78 is 17.9. The van der Waals surface area contributed by atoms with E-state index in [1.807, 2.05) is 39.2 Å². The highest BCUT2D eigenvalue weighted by molar-refractivity contribution is 7.09. The fourth-order valence-corrected chi connectivity index (χ4v) is 5.98. The molecule has 2 saturated heterocycles. The third kappa shape index (κ3) is 6.68. The summed E-state index contributed by atoms with van der Waals surface area (Å²) in [7, 11) is 1.57. The van der Waals surface area contributed by atoms with Crippen LogP contribution in [0, 0.1) is 24.2 Å². The van der Waals surface area contributed by atoms with Crippen LogP contribution in [0.5, 0.6) is 0 Å². The van der Waals surface area contributed by atoms with Crippen molar-refractivity contribution in [3.63, 3.8) is 0 Å². The topological polar surface area (TPSA) is 118 Å². The van der Waals surface area contributed by atoms with E-state index in [-0.39, 0.29) is 24.2 Å².